The highest BCUT2D eigenvalue weighted by molar-refractivity contribution is 9.10. The van der Waals surface area contributed by atoms with Crippen LogP contribution in [0.5, 0.6) is 5.75 Å². The number of aryl methyl sites for hydroxylation is 2. The van der Waals surface area contributed by atoms with Crippen molar-refractivity contribution in [1.82, 2.24) is 9.78 Å². The fourth-order valence-corrected chi connectivity index (χ4v) is 2.62. The van der Waals surface area contributed by atoms with Gasteiger partial charge in [-0.05, 0) is 40.0 Å². The standard InChI is InChI=1S/C13H16BrN3O/c1-8-6-9(4-5-11(8)18-3)12(15)13-10(14)7-16-17(13)2/h4-7,12H,15H2,1-3H3. The molecule has 1 aromatic carbocycles. The van der Waals surface area contributed by atoms with E-state index in [1.165, 1.54) is 0 Å². The van der Waals surface area contributed by atoms with Gasteiger partial charge in [-0.2, -0.15) is 5.10 Å². The summed E-state index contributed by atoms with van der Waals surface area (Å²) >= 11 is 3.47. The highest BCUT2D eigenvalue weighted by atomic mass is 79.9. The quantitative estimate of drug-likeness (QED) is 0.948. The molecular weight excluding hydrogens is 294 g/mol. The van der Waals surface area contributed by atoms with Crippen molar-refractivity contribution < 1.29 is 4.74 Å². The van der Waals surface area contributed by atoms with Gasteiger partial charge in [0.15, 0.2) is 0 Å². The highest BCUT2D eigenvalue weighted by Crippen LogP contribution is 2.28. The summed E-state index contributed by atoms with van der Waals surface area (Å²) in [5.41, 5.74) is 9.36. The Morgan fingerprint density at radius 3 is 2.67 bits per heavy atom. The summed E-state index contributed by atoms with van der Waals surface area (Å²) in [4.78, 5) is 0. The molecule has 2 N–H and O–H groups in total. The van der Waals surface area contributed by atoms with Crippen molar-refractivity contribution in [2.45, 2.75) is 13.0 Å². The van der Waals surface area contributed by atoms with Gasteiger partial charge < -0.3 is 10.5 Å². The van der Waals surface area contributed by atoms with Gasteiger partial charge in [0.1, 0.15) is 5.75 Å². The van der Waals surface area contributed by atoms with E-state index in [4.69, 9.17) is 10.5 Å². The minimum Gasteiger partial charge on any atom is -0.496 e. The zero-order valence-electron chi connectivity index (χ0n) is 10.6. The molecule has 0 fully saturated rings. The average Bonchev–Trinajstić information content (AvgIpc) is 2.68. The molecule has 2 rings (SSSR count). The summed E-state index contributed by atoms with van der Waals surface area (Å²) in [6.07, 6.45) is 1.76. The van der Waals surface area contributed by atoms with Crippen LogP contribution in [0.1, 0.15) is 22.9 Å². The lowest BCUT2D eigenvalue weighted by Gasteiger charge is -2.15. The fraction of sp³-hybridized carbons (Fsp3) is 0.308. The Bertz CT molecular complexity index is 546. The van der Waals surface area contributed by atoms with Crippen molar-refractivity contribution in [2.75, 3.05) is 7.11 Å². The van der Waals surface area contributed by atoms with E-state index >= 15 is 0 Å². The summed E-state index contributed by atoms with van der Waals surface area (Å²) in [6.45, 7) is 2.01. The Labute approximate surface area is 115 Å². The van der Waals surface area contributed by atoms with Crippen LogP contribution in [-0.4, -0.2) is 16.9 Å². The molecule has 2 aromatic rings. The van der Waals surface area contributed by atoms with E-state index in [1.54, 1.807) is 18.0 Å². The SMILES string of the molecule is COc1ccc(C(N)c2c(Br)cnn2C)cc1C. The Hall–Kier alpha value is -1.33. The van der Waals surface area contributed by atoms with Crippen molar-refractivity contribution in [3.8, 4) is 5.75 Å². The molecule has 1 heterocycles. The topological polar surface area (TPSA) is 53.1 Å². The van der Waals surface area contributed by atoms with Gasteiger partial charge in [-0.3, -0.25) is 4.68 Å². The lowest BCUT2D eigenvalue weighted by molar-refractivity contribution is 0.411. The zero-order chi connectivity index (χ0) is 13.3. The van der Waals surface area contributed by atoms with Gasteiger partial charge in [-0.15, -0.1) is 0 Å². The van der Waals surface area contributed by atoms with Gasteiger partial charge in [0.2, 0.25) is 0 Å². The van der Waals surface area contributed by atoms with Gasteiger partial charge in [0.25, 0.3) is 0 Å². The van der Waals surface area contributed by atoms with Crippen LogP contribution >= 0.6 is 15.9 Å². The maximum Gasteiger partial charge on any atom is 0.121 e. The normalized spacial score (nSPS) is 12.5. The molecule has 18 heavy (non-hydrogen) atoms. The first-order valence-electron chi connectivity index (χ1n) is 5.62. The molecule has 1 aromatic heterocycles. The van der Waals surface area contributed by atoms with Crippen molar-refractivity contribution in [3.63, 3.8) is 0 Å². The molecule has 0 amide bonds. The van der Waals surface area contributed by atoms with Gasteiger partial charge in [0, 0.05) is 7.05 Å². The van der Waals surface area contributed by atoms with Crippen LogP contribution in [0, 0.1) is 6.92 Å². The summed E-state index contributed by atoms with van der Waals surface area (Å²) < 4.78 is 7.96. The van der Waals surface area contributed by atoms with E-state index in [-0.39, 0.29) is 6.04 Å². The molecule has 96 valence electrons. The molecule has 0 radical (unpaired) electrons. The molecule has 5 heteroatoms. The molecule has 0 bridgehead atoms. The molecule has 4 nitrogen and oxygen atoms in total. The van der Waals surface area contributed by atoms with Crippen molar-refractivity contribution in [3.05, 3.63) is 45.7 Å². The maximum atomic E-state index is 6.29. The van der Waals surface area contributed by atoms with Crippen LogP contribution in [0.15, 0.2) is 28.9 Å². The molecule has 0 aliphatic carbocycles. The Balaban J connectivity index is 2.40. The van der Waals surface area contributed by atoms with E-state index in [2.05, 4.69) is 21.0 Å². The van der Waals surface area contributed by atoms with Crippen molar-refractivity contribution in [2.24, 2.45) is 12.8 Å². The van der Waals surface area contributed by atoms with Crippen molar-refractivity contribution in [1.29, 1.82) is 0 Å². The molecule has 0 saturated heterocycles. The van der Waals surface area contributed by atoms with Crippen LogP contribution in [-0.2, 0) is 7.05 Å². The summed E-state index contributed by atoms with van der Waals surface area (Å²) in [7, 11) is 3.55. The number of hydrogen-bond donors (Lipinski definition) is 1. The van der Waals surface area contributed by atoms with Crippen LogP contribution in [0.4, 0.5) is 0 Å². The van der Waals surface area contributed by atoms with Gasteiger partial charge in [-0.1, -0.05) is 12.1 Å². The number of benzene rings is 1. The average molecular weight is 310 g/mol. The lowest BCUT2D eigenvalue weighted by Crippen LogP contribution is -2.16. The summed E-state index contributed by atoms with van der Waals surface area (Å²) in [5, 5.41) is 4.18. The van der Waals surface area contributed by atoms with E-state index in [0.717, 1.165) is 27.0 Å². The Morgan fingerprint density at radius 1 is 1.44 bits per heavy atom. The summed E-state index contributed by atoms with van der Waals surface area (Å²) in [6, 6.07) is 5.75. The number of aromatic nitrogens is 2. The minimum atomic E-state index is -0.212. The van der Waals surface area contributed by atoms with Crippen LogP contribution in [0.25, 0.3) is 0 Å². The van der Waals surface area contributed by atoms with E-state index < -0.39 is 0 Å². The smallest absolute Gasteiger partial charge is 0.121 e. The molecule has 0 aliphatic heterocycles. The number of rotatable bonds is 3. The first kappa shape index (κ1) is 13.1. The molecule has 0 aliphatic rings. The number of nitrogens with zero attached hydrogens (tertiary/aromatic N) is 2. The molecule has 1 unspecified atom stereocenters. The number of ether oxygens (including phenoxy) is 1. The van der Waals surface area contributed by atoms with E-state index in [9.17, 15) is 0 Å². The summed E-state index contributed by atoms with van der Waals surface area (Å²) in [5.74, 6) is 0.870. The van der Waals surface area contributed by atoms with Crippen LogP contribution in [0.3, 0.4) is 0 Å². The monoisotopic (exact) mass is 309 g/mol. The van der Waals surface area contributed by atoms with E-state index in [0.29, 0.717) is 0 Å². The molecule has 1 atom stereocenters. The second-order valence-electron chi connectivity index (χ2n) is 4.21. The minimum absolute atomic E-state index is 0.212. The van der Waals surface area contributed by atoms with Gasteiger partial charge in [-0.25, -0.2) is 0 Å². The largest absolute Gasteiger partial charge is 0.496 e. The zero-order valence-corrected chi connectivity index (χ0v) is 12.2. The lowest BCUT2D eigenvalue weighted by atomic mass is 10.0. The third kappa shape index (κ3) is 2.28. The van der Waals surface area contributed by atoms with Gasteiger partial charge >= 0.3 is 0 Å². The highest BCUT2D eigenvalue weighted by Gasteiger charge is 2.17. The van der Waals surface area contributed by atoms with E-state index in [1.807, 2.05) is 32.2 Å². The number of methoxy groups -OCH3 is 1. The van der Waals surface area contributed by atoms with Crippen LogP contribution in [0.2, 0.25) is 0 Å². The Kier molecular flexibility index (Phi) is 3.73. The maximum absolute atomic E-state index is 6.29. The second kappa shape index (κ2) is 5.12. The Morgan fingerprint density at radius 2 is 2.17 bits per heavy atom. The number of hydrogen-bond acceptors (Lipinski definition) is 3. The van der Waals surface area contributed by atoms with Crippen molar-refractivity contribution >= 4 is 15.9 Å². The predicted molar refractivity (Wildman–Crippen MR) is 74.7 cm³/mol. The van der Waals surface area contributed by atoms with Crippen LogP contribution < -0.4 is 10.5 Å². The molecular formula is C13H16BrN3O. The number of nitrogens with two attached hydrogens (primary N) is 1. The molecule has 0 spiro atoms. The third-order valence-electron chi connectivity index (χ3n) is 3.01. The first-order valence-corrected chi connectivity index (χ1v) is 6.41. The molecule has 0 saturated carbocycles. The third-order valence-corrected chi connectivity index (χ3v) is 3.62. The first-order chi connectivity index (χ1) is 8.54. The predicted octanol–water partition coefficient (Wildman–Crippen LogP) is 2.55. The number of halogens is 1. The second-order valence-corrected chi connectivity index (χ2v) is 5.06. The fourth-order valence-electron chi connectivity index (χ4n) is 2.02. The van der Waals surface area contributed by atoms with Gasteiger partial charge in [0.05, 0.1) is 29.5 Å².